The molecule has 178 valence electrons. The third-order valence-corrected chi connectivity index (χ3v) is 6.24. The molecule has 1 heterocycles. The molecule has 0 aliphatic carbocycles. The molecule has 0 bridgehead atoms. The first kappa shape index (κ1) is 24.5. The average molecular weight is 495 g/mol. The van der Waals surface area contributed by atoms with Gasteiger partial charge in [-0.2, -0.15) is 5.26 Å². The number of nitriles is 1. The Morgan fingerprint density at radius 3 is 2.22 bits per heavy atom. The first-order chi connectivity index (χ1) is 17.6. The van der Waals surface area contributed by atoms with Crippen molar-refractivity contribution in [2.24, 2.45) is 0 Å². The normalized spacial score (nSPS) is 10.2. The van der Waals surface area contributed by atoms with E-state index in [0.29, 0.717) is 33.2 Å². The quantitative estimate of drug-likeness (QED) is 0.281. The van der Waals surface area contributed by atoms with Crippen LogP contribution in [0.4, 0.5) is 0 Å². The molecule has 0 saturated carbocycles. The van der Waals surface area contributed by atoms with E-state index < -0.39 is 11.8 Å². The second-order valence-corrected chi connectivity index (χ2v) is 8.56. The van der Waals surface area contributed by atoms with Crippen molar-refractivity contribution in [1.29, 1.82) is 5.26 Å². The molecule has 2 N–H and O–H groups in total. The number of rotatable bonds is 7. The molecule has 8 heteroatoms. The van der Waals surface area contributed by atoms with E-state index in [-0.39, 0.29) is 5.75 Å². The highest BCUT2D eigenvalue weighted by Gasteiger charge is 2.17. The van der Waals surface area contributed by atoms with E-state index in [1.165, 1.54) is 0 Å². The summed E-state index contributed by atoms with van der Waals surface area (Å²) in [6, 6.07) is 29.7. The average Bonchev–Trinajstić information content (AvgIpc) is 2.95. The van der Waals surface area contributed by atoms with E-state index in [9.17, 15) is 14.9 Å². The summed E-state index contributed by atoms with van der Waals surface area (Å²) >= 11 is 1.13. The number of aromatic nitrogens is 1. The van der Waals surface area contributed by atoms with Crippen molar-refractivity contribution in [1.82, 2.24) is 15.8 Å². The molecule has 0 spiro atoms. The number of carbonyl (C=O) groups excluding carboxylic acids is 2. The number of pyridine rings is 1. The number of ether oxygens (including phenoxy) is 1. The standard InChI is InChI=1S/C28H22N4O3S/c1-35-22-14-12-19(13-15-22)23-16-25(20-8-4-2-5-9-20)30-28(24(23)17-29)36-18-26(33)31-32-27(34)21-10-6-3-7-11-21/h2-16H,18H2,1H3,(H,31,33)(H,32,34). The molecular weight excluding hydrogens is 472 g/mol. The predicted molar refractivity (Wildman–Crippen MR) is 139 cm³/mol. The van der Waals surface area contributed by atoms with Gasteiger partial charge in [0.15, 0.2) is 0 Å². The number of carbonyl (C=O) groups is 2. The first-order valence-electron chi connectivity index (χ1n) is 11.0. The van der Waals surface area contributed by atoms with Crippen molar-refractivity contribution >= 4 is 23.6 Å². The van der Waals surface area contributed by atoms with Crippen molar-refractivity contribution < 1.29 is 14.3 Å². The van der Waals surface area contributed by atoms with E-state index >= 15 is 0 Å². The number of nitrogens with zero attached hydrogens (tertiary/aromatic N) is 2. The fourth-order valence-electron chi connectivity index (χ4n) is 3.45. The minimum Gasteiger partial charge on any atom is -0.497 e. The van der Waals surface area contributed by atoms with Gasteiger partial charge in [0.1, 0.15) is 16.8 Å². The van der Waals surface area contributed by atoms with Crippen LogP contribution in [-0.2, 0) is 4.79 Å². The molecule has 4 aromatic rings. The van der Waals surface area contributed by atoms with E-state index in [1.807, 2.05) is 60.7 Å². The van der Waals surface area contributed by atoms with Gasteiger partial charge in [0.25, 0.3) is 5.91 Å². The molecule has 3 aromatic carbocycles. The lowest BCUT2D eigenvalue weighted by Gasteiger charge is -2.13. The highest BCUT2D eigenvalue weighted by molar-refractivity contribution is 8.00. The van der Waals surface area contributed by atoms with Gasteiger partial charge in [-0.1, -0.05) is 72.4 Å². The summed E-state index contributed by atoms with van der Waals surface area (Å²) in [5.74, 6) is -0.181. The number of hydrogen-bond acceptors (Lipinski definition) is 6. The van der Waals surface area contributed by atoms with Gasteiger partial charge < -0.3 is 4.74 Å². The zero-order chi connectivity index (χ0) is 25.3. The van der Waals surface area contributed by atoms with Gasteiger partial charge in [0.2, 0.25) is 5.91 Å². The topological polar surface area (TPSA) is 104 Å². The van der Waals surface area contributed by atoms with Gasteiger partial charge in [-0.15, -0.1) is 0 Å². The summed E-state index contributed by atoms with van der Waals surface area (Å²) in [6.07, 6.45) is 0. The van der Waals surface area contributed by atoms with Crippen LogP contribution in [0.3, 0.4) is 0 Å². The fraction of sp³-hybridized carbons (Fsp3) is 0.0714. The van der Waals surface area contributed by atoms with Gasteiger partial charge in [-0.05, 0) is 35.9 Å². The van der Waals surface area contributed by atoms with Crippen LogP contribution in [0.25, 0.3) is 22.4 Å². The molecule has 0 atom stereocenters. The monoisotopic (exact) mass is 494 g/mol. The van der Waals surface area contributed by atoms with Gasteiger partial charge in [-0.25, -0.2) is 4.98 Å². The van der Waals surface area contributed by atoms with Gasteiger partial charge in [-0.3, -0.25) is 20.4 Å². The van der Waals surface area contributed by atoms with Crippen molar-refractivity contribution in [3.05, 3.63) is 102 Å². The molecule has 2 amide bonds. The summed E-state index contributed by atoms with van der Waals surface area (Å²) in [4.78, 5) is 29.3. The van der Waals surface area contributed by atoms with Crippen molar-refractivity contribution in [2.75, 3.05) is 12.9 Å². The minimum absolute atomic E-state index is 0.0446. The molecule has 0 aliphatic heterocycles. The summed E-state index contributed by atoms with van der Waals surface area (Å²) in [5, 5.41) is 10.4. The predicted octanol–water partition coefficient (Wildman–Crippen LogP) is 4.85. The Kier molecular flexibility index (Phi) is 7.96. The highest BCUT2D eigenvalue weighted by atomic mass is 32.2. The van der Waals surface area contributed by atoms with Crippen LogP contribution in [0.1, 0.15) is 15.9 Å². The van der Waals surface area contributed by atoms with Crippen LogP contribution in [0.5, 0.6) is 5.75 Å². The molecule has 0 fully saturated rings. The molecule has 4 rings (SSSR count). The zero-order valence-corrected chi connectivity index (χ0v) is 20.2. The third kappa shape index (κ3) is 5.90. The molecule has 36 heavy (non-hydrogen) atoms. The van der Waals surface area contributed by atoms with Crippen molar-refractivity contribution in [3.63, 3.8) is 0 Å². The van der Waals surface area contributed by atoms with Crippen LogP contribution >= 0.6 is 11.8 Å². The van der Waals surface area contributed by atoms with Crippen LogP contribution in [0, 0.1) is 11.3 Å². The number of thioether (sulfide) groups is 1. The molecule has 1 aromatic heterocycles. The van der Waals surface area contributed by atoms with Crippen molar-refractivity contribution in [3.8, 4) is 34.2 Å². The molecule has 7 nitrogen and oxygen atoms in total. The molecule has 0 saturated heterocycles. The maximum atomic E-state index is 12.5. The lowest BCUT2D eigenvalue weighted by Crippen LogP contribution is -2.42. The van der Waals surface area contributed by atoms with E-state index in [4.69, 9.17) is 9.72 Å². The zero-order valence-electron chi connectivity index (χ0n) is 19.4. The minimum atomic E-state index is -0.425. The molecular formula is C28H22N4O3S. The molecule has 0 radical (unpaired) electrons. The Morgan fingerprint density at radius 1 is 0.917 bits per heavy atom. The fourth-order valence-corrected chi connectivity index (χ4v) is 4.25. The lowest BCUT2D eigenvalue weighted by molar-refractivity contribution is -0.119. The number of methoxy groups -OCH3 is 1. The Morgan fingerprint density at radius 2 is 1.58 bits per heavy atom. The largest absolute Gasteiger partial charge is 0.497 e. The number of hydrogen-bond donors (Lipinski definition) is 2. The SMILES string of the molecule is COc1ccc(-c2cc(-c3ccccc3)nc(SCC(=O)NNC(=O)c3ccccc3)c2C#N)cc1. The van der Waals surface area contributed by atoms with Gasteiger partial charge in [0.05, 0.1) is 24.1 Å². The second-order valence-electron chi connectivity index (χ2n) is 7.60. The van der Waals surface area contributed by atoms with E-state index in [1.54, 1.807) is 37.4 Å². The van der Waals surface area contributed by atoms with Gasteiger partial charge >= 0.3 is 0 Å². The highest BCUT2D eigenvalue weighted by Crippen LogP contribution is 2.34. The molecule has 0 unspecified atom stereocenters. The summed E-state index contributed by atoms with van der Waals surface area (Å²) < 4.78 is 5.26. The maximum Gasteiger partial charge on any atom is 0.269 e. The summed E-state index contributed by atoms with van der Waals surface area (Å²) in [6.45, 7) is 0. The van der Waals surface area contributed by atoms with Crippen molar-refractivity contribution in [2.45, 2.75) is 5.03 Å². The Balaban J connectivity index is 1.58. The number of benzene rings is 3. The van der Waals surface area contributed by atoms with Crippen LogP contribution in [-0.4, -0.2) is 29.7 Å². The second kappa shape index (κ2) is 11.7. The number of hydrazine groups is 1. The van der Waals surface area contributed by atoms with Crippen LogP contribution in [0.2, 0.25) is 0 Å². The Bertz CT molecular complexity index is 1400. The van der Waals surface area contributed by atoms with Gasteiger partial charge in [0, 0.05) is 16.7 Å². The summed E-state index contributed by atoms with van der Waals surface area (Å²) in [7, 11) is 1.59. The molecule has 0 aliphatic rings. The third-order valence-electron chi connectivity index (χ3n) is 5.26. The maximum absolute atomic E-state index is 12.5. The number of amides is 2. The number of nitrogens with one attached hydrogen (secondary N) is 2. The van der Waals surface area contributed by atoms with E-state index in [0.717, 1.165) is 22.9 Å². The lowest BCUT2D eigenvalue weighted by atomic mass is 9.99. The smallest absolute Gasteiger partial charge is 0.269 e. The first-order valence-corrected chi connectivity index (χ1v) is 12.0. The van der Waals surface area contributed by atoms with E-state index in [2.05, 4.69) is 16.9 Å². The Hall–Kier alpha value is -4.61. The Labute approximate surface area is 213 Å². The van der Waals surface area contributed by atoms with Crippen LogP contribution < -0.4 is 15.6 Å². The summed E-state index contributed by atoms with van der Waals surface area (Å²) in [5.41, 5.74) is 8.70. The van der Waals surface area contributed by atoms with Crippen LogP contribution in [0.15, 0.2) is 96.0 Å².